The Morgan fingerprint density at radius 3 is 2.54 bits per heavy atom. The van der Waals surface area contributed by atoms with Crippen LogP contribution >= 0.6 is 0 Å². The van der Waals surface area contributed by atoms with E-state index in [-0.39, 0.29) is 0 Å². The molecule has 0 unspecified atom stereocenters. The second-order valence-electron chi connectivity index (χ2n) is 6.77. The maximum atomic E-state index is 5.72. The molecule has 0 saturated heterocycles. The van der Waals surface area contributed by atoms with E-state index in [0.717, 1.165) is 48.6 Å². The molecule has 0 saturated carbocycles. The van der Waals surface area contributed by atoms with Crippen LogP contribution in [0.1, 0.15) is 29.5 Å². The first-order chi connectivity index (χ1) is 12.6. The predicted octanol–water partition coefficient (Wildman–Crippen LogP) is 4.75. The number of aromatic amines is 1. The summed E-state index contributed by atoms with van der Waals surface area (Å²) in [5.41, 5.74) is 12.9. The maximum Gasteiger partial charge on any atom is 0.170 e. The first-order valence-electron chi connectivity index (χ1n) is 9.14. The van der Waals surface area contributed by atoms with Crippen LogP contribution in [0.3, 0.4) is 0 Å². The van der Waals surface area contributed by atoms with Crippen molar-refractivity contribution < 1.29 is 9.47 Å². The lowest BCUT2D eigenvalue weighted by Crippen LogP contribution is -2.00. The van der Waals surface area contributed by atoms with Crippen molar-refractivity contribution in [1.82, 2.24) is 4.98 Å². The molecule has 0 aliphatic heterocycles. The summed E-state index contributed by atoms with van der Waals surface area (Å²) in [6, 6.07) is 10.5. The number of hydrogen-bond donors (Lipinski definition) is 2. The summed E-state index contributed by atoms with van der Waals surface area (Å²) in [5.74, 6) is 1.50. The Morgan fingerprint density at radius 1 is 1.04 bits per heavy atom. The van der Waals surface area contributed by atoms with Crippen molar-refractivity contribution in [2.24, 2.45) is 5.73 Å². The van der Waals surface area contributed by atoms with E-state index in [0.29, 0.717) is 0 Å². The number of para-hydroxylation sites is 1. The summed E-state index contributed by atoms with van der Waals surface area (Å²) < 4.78 is 11.2. The van der Waals surface area contributed by atoms with E-state index in [2.05, 4.69) is 37.0 Å². The van der Waals surface area contributed by atoms with E-state index in [1.807, 2.05) is 12.1 Å². The third-order valence-electron chi connectivity index (χ3n) is 4.90. The number of fused-ring (bicyclic) bond motifs is 1. The number of rotatable bonds is 7. The van der Waals surface area contributed by atoms with Crippen LogP contribution in [0.5, 0.6) is 11.5 Å². The van der Waals surface area contributed by atoms with Gasteiger partial charge in [0.1, 0.15) is 0 Å². The minimum absolute atomic E-state index is 0.720. The van der Waals surface area contributed by atoms with Gasteiger partial charge in [-0.3, -0.25) is 0 Å². The zero-order valence-electron chi connectivity index (χ0n) is 16.1. The van der Waals surface area contributed by atoms with Crippen LogP contribution in [0.4, 0.5) is 0 Å². The number of nitrogens with two attached hydrogens (primary N) is 1. The lowest BCUT2D eigenvalue weighted by molar-refractivity contribution is 0.356. The van der Waals surface area contributed by atoms with Crippen molar-refractivity contribution in [2.75, 3.05) is 20.8 Å². The Labute approximate surface area is 155 Å². The van der Waals surface area contributed by atoms with E-state index in [4.69, 9.17) is 15.2 Å². The van der Waals surface area contributed by atoms with Crippen molar-refractivity contribution in [3.05, 3.63) is 47.0 Å². The molecule has 0 aliphatic rings. The monoisotopic (exact) mass is 352 g/mol. The van der Waals surface area contributed by atoms with Crippen molar-refractivity contribution >= 4 is 10.9 Å². The summed E-state index contributed by atoms with van der Waals surface area (Å²) in [5, 5.41) is 1.31. The Morgan fingerprint density at radius 2 is 1.85 bits per heavy atom. The average Bonchev–Trinajstić information content (AvgIpc) is 2.99. The van der Waals surface area contributed by atoms with E-state index in [9.17, 15) is 0 Å². The highest BCUT2D eigenvalue weighted by Gasteiger charge is 2.19. The zero-order valence-corrected chi connectivity index (χ0v) is 16.1. The fourth-order valence-corrected chi connectivity index (χ4v) is 3.81. The standard InChI is InChI=1S/C22H28N2O2/c1-14-12-15(2)20-16(8-5-6-11-23)21(24-18(20)13-14)17-9-7-10-19(25-3)22(17)26-4/h7,9-10,12-13,24H,5-6,8,11,23H2,1-4H3. The number of H-pyrrole nitrogens is 1. The van der Waals surface area contributed by atoms with E-state index in [1.165, 1.54) is 27.6 Å². The molecule has 3 rings (SSSR count). The number of hydrogen-bond acceptors (Lipinski definition) is 3. The van der Waals surface area contributed by atoms with Gasteiger partial charge in [-0.2, -0.15) is 0 Å². The molecular formula is C22H28N2O2. The first kappa shape index (κ1) is 18.3. The molecule has 3 N–H and O–H groups in total. The van der Waals surface area contributed by atoms with E-state index >= 15 is 0 Å². The summed E-state index contributed by atoms with van der Waals surface area (Å²) in [7, 11) is 3.36. The molecule has 1 heterocycles. The number of nitrogens with one attached hydrogen (secondary N) is 1. The fourth-order valence-electron chi connectivity index (χ4n) is 3.81. The average molecular weight is 352 g/mol. The first-order valence-corrected chi connectivity index (χ1v) is 9.14. The fraction of sp³-hybridized carbons (Fsp3) is 0.364. The molecule has 0 amide bonds. The third-order valence-corrected chi connectivity index (χ3v) is 4.90. The van der Waals surface area contributed by atoms with Gasteiger partial charge < -0.3 is 20.2 Å². The molecule has 4 nitrogen and oxygen atoms in total. The second-order valence-corrected chi connectivity index (χ2v) is 6.77. The van der Waals surface area contributed by atoms with Gasteiger partial charge in [-0.1, -0.05) is 12.1 Å². The summed E-state index contributed by atoms with van der Waals surface area (Å²) in [4.78, 5) is 3.65. The Bertz CT molecular complexity index is 912. The van der Waals surface area contributed by atoms with Gasteiger partial charge in [-0.25, -0.2) is 0 Å². The number of benzene rings is 2. The second kappa shape index (κ2) is 7.83. The molecule has 0 radical (unpaired) electrons. The van der Waals surface area contributed by atoms with Gasteiger partial charge in [-0.15, -0.1) is 0 Å². The van der Waals surface area contributed by atoms with Crippen molar-refractivity contribution in [3.63, 3.8) is 0 Å². The van der Waals surface area contributed by atoms with Crippen LogP contribution in [-0.2, 0) is 6.42 Å². The highest BCUT2D eigenvalue weighted by atomic mass is 16.5. The number of aromatic nitrogens is 1. The molecule has 2 aromatic carbocycles. The lowest BCUT2D eigenvalue weighted by atomic mass is 9.96. The molecular weight excluding hydrogens is 324 g/mol. The SMILES string of the molecule is COc1cccc(-c2[nH]c3cc(C)cc(C)c3c2CCCCN)c1OC. The van der Waals surface area contributed by atoms with Crippen LogP contribution < -0.4 is 15.2 Å². The third kappa shape index (κ3) is 3.29. The predicted molar refractivity (Wildman–Crippen MR) is 108 cm³/mol. The Hall–Kier alpha value is -2.46. The Kier molecular flexibility index (Phi) is 5.52. The Balaban J connectivity index is 2.25. The molecule has 138 valence electrons. The normalized spacial score (nSPS) is 11.1. The van der Waals surface area contributed by atoms with Gasteiger partial charge in [0.05, 0.1) is 19.9 Å². The van der Waals surface area contributed by atoms with Gasteiger partial charge in [0.25, 0.3) is 0 Å². The van der Waals surface area contributed by atoms with Gasteiger partial charge >= 0.3 is 0 Å². The van der Waals surface area contributed by atoms with Crippen molar-refractivity contribution in [3.8, 4) is 22.8 Å². The quantitative estimate of drug-likeness (QED) is 0.603. The molecule has 4 heteroatoms. The van der Waals surface area contributed by atoms with Crippen LogP contribution in [0.2, 0.25) is 0 Å². The number of ether oxygens (including phenoxy) is 2. The number of methoxy groups -OCH3 is 2. The minimum Gasteiger partial charge on any atom is -0.493 e. The summed E-state index contributed by atoms with van der Waals surface area (Å²) in [6.45, 7) is 5.04. The van der Waals surface area contributed by atoms with Gasteiger partial charge in [0.15, 0.2) is 11.5 Å². The van der Waals surface area contributed by atoms with E-state index < -0.39 is 0 Å². The van der Waals surface area contributed by atoms with Crippen molar-refractivity contribution in [2.45, 2.75) is 33.1 Å². The molecule has 26 heavy (non-hydrogen) atoms. The summed E-state index contributed by atoms with van der Waals surface area (Å²) in [6.07, 6.45) is 3.07. The summed E-state index contributed by atoms with van der Waals surface area (Å²) >= 11 is 0. The van der Waals surface area contributed by atoms with Gasteiger partial charge in [0.2, 0.25) is 0 Å². The minimum atomic E-state index is 0.720. The smallest absolute Gasteiger partial charge is 0.170 e. The molecule has 0 atom stereocenters. The highest BCUT2D eigenvalue weighted by molar-refractivity contribution is 5.95. The molecule has 3 aromatic rings. The van der Waals surface area contributed by atoms with Gasteiger partial charge in [0, 0.05) is 16.5 Å². The molecule has 0 spiro atoms. The number of aryl methyl sites for hydroxylation is 3. The van der Waals surface area contributed by atoms with E-state index in [1.54, 1.807) is 14.2 Å². The van der Waals surface area contributed by atoms with Crippen LogP contribution in [-0.4, -0.2) is 25.7 Å². The molecule has 1 aromatic heterocycles. The zero-order chi connectivity index (χ0) is 18.7. The molecule has 0 fully saturated rings. The van der Waals surface area contributed by atoms with Crippen molar-refractivity contribution in [1.29, 1.82) is 0 Å². The maximum absolute atomic E-state index is 5.72. The van der Waals surface area contributed by atoms with Gasteiger partial charge in [-0.05, 0) is 74.5 Å². The lowest BCUT2D eigenvalue weighted by Gasteiger charge is -2.13. The van der Waals surface area contributed by atoms with Crippen LogP contribution in [0, 0.1) is 13.8 Å². The molecule has 0 aliphatic carbocycles. The number of unbranched alkanes of at least 4 members (excludes halogenated alkanes) is 1. The highest BCUT2D eigenvalue weighted by Crippen LogP contribution is 2.42. The molecule has 0 bridgehead atoms. The van der Waals surface area contributed by atoms with Crippen LogP contribution in [0.15, 0.2) is 30.3 Å². The topological polar surface area (TPSA) is 60.3 Å². The van der Waals surface area contributed by atoms with Crippen LogP contribution in [0.25, 0.3) is 22.2 Å². The largest absolute Gasteiger partial charge is 0.493 e.